The van der Waals surface area contributed by atoms with Gasteiger partial charge in [-0.3, -0.25) is 18.9 Å². The average Bonchev–Trinajstić information content (AvgIpc) is 2.26. The summed E-state index contributed by atoms with van der Waals surface area (Å²) in [5.41, 5.74) is 0. The number of carboxylic acid groups (broad SMARTS) is 3. The van der Waals surface area contributed by atoms with Crippen LogP contribution in [-0.4, -0.2) is 48.2 Å². The van der Waals surface area contributed by atoms with Gasteiger partial charge in [-0.15, -0.1) is 0 Å². The second-order valence-electron chi connectivity index (χ2n) is 4.30. The van der Waals surface area contributed by atoms with Crippen molar-refractivity contribution in [2.45, 2.75) is 31.8 Å². The Bertz CT molecular complexity index is 454. The lowest BCUT2D eigenvalue weighted by Gasteiger charge is -2.36. The Balaban J connectivity index is 6.34. The van der Waals surface area contributed by atoms with Crippen molar-refractivity contribution in [1.29, 1.82) is 0 Å². The maximum Gasteiger partial charge on any atom is 0.343 e. The molecule has 3 atom stereocenters. The summed E-state index contributed by atoms with van der Waals surface area (Å²) in [5, 5.41) is 24.3. The van der Waals surface area contributed by atoms with Gasteiger partial charge in [0.1, 0.15) is 0 Å². The Kier molecular flexibility index (Phi) is 5.88. The minimum absolute atomic E-state index is 0.276. The van der Waals surface area contributed by atoms with Crippen LogP contribution in [0, 0.1) is 11.8 Å². The lowest BCUT2D eigenvalue weighted by atomic mass is 9.78. The molecule has 0 aliphatic heterocycles. The van der Waals surface area contributed by atoms with E-state index in [2.05, 4.69) is 0 Å². The van der Waals surface area contributed by atoms with Crippen LogP contribution in [0.4, 0.5) is 0 Å². The number of carboxylic acids is 3. The average molecular weight is 312 g/mol. The van der Waals surface area contributed by atoms with Gasteiger partial charge in [0, 0.05) is 0 Å². The first-order valence-corrected chi connectivity index (χ1v) is 7.33. The first-order chi connectivity index (χ1) is 8.97. The highest BCUT2D eigenvalue weighted by Gasteiger charge is 2.63. The van der Waals surface area contributed by atoms with Crippen LogP contribution in [0.15, 0.2) is 0 Å². The molecule has 0 spiro atoms. The monoisotopic (exact) mass is 312 g/mol. The molecule has 0 aliphatic rings. The molecule has 116 valence electrons. The number of aliphatic carboxylic acids is 3. The van der Waals surface area contributed by atoms with Gasteiger partial charge in [0.2, 0.25) is 0 Å². The standard InChI is InChI=1S/C10H17O9P/c1-3-5(7(11)12)6(8(13)14)10(4-2,9(15)16)20(17,18)19/h5-6H,3-4H2,1-2H3,(H,11,12)(H,13,14)(H,15,16)(H2,17,18,19). The van der Waals surface area contributed by atoms with Crippen LogP contribution in [0.5, 0.6) is 0 Å². The summed E-state index contributed by atoms with van der Waals surface area (Å²) in [5.74, 6) is -9.48. The zero-order valence-corrected chi connectivity index (χ0v) is 11.8. The van der Waals surface area contributed by atoms with Crippen LogP contribution < -0.4 is 0 Å². The van der Waals surface area contributed by atoms with Gasteiger partial charge >= 0.3 is 25.5 Å². The summed E-state index contributed by atoms with van der Waals surface area (Å²) < 4.78 is 11.6. The molecule has 0 aromatic carbocycles. The Labute approximate surface area is 114 Å². The van der Waals surface area contributed by atoms with Crippen LogP contribution in [-0.2, 0) is 18.9 Å². The van der Waals surface area contributed by atoms with Crippen LogP contribution in [0.1, 0.15) is 26.7 Å². The Morgan fingerprint density at radius 1 is 1.05 bits per heavy atom. The largest absolute Gasteiger partial charge is 0.481 e. The van der Waals surface area contributed by atoms with Gasteiger partial charge in [-0.1, -0.05) is 13.8 Å². The van der Waals surface area contributed by atoms with Crippen LogP contribution in [0.2, 0.25) is 0 Å². The van der Waals surface area contributed by atoms with Crippen LogP contribution in [0.3, 0.4) is 0 Å². The SMILES string of the molecule is CCC(C(=O)O)C(C(=O)O)C(CC)(C(=O)O)P(=O)(O)O. The zero-order chi connectivity index (χ0) is 16.3. The molecule has 0 saturated heterocycles. The van der Waals surface area contributed by atoms with Crippen molar-refractivity contribution in [3.63, 3.8) is 0 Å². The molecule has 0 radical (unpaired) electrons. The fourth-order valence-corrected chi connectivity index (χ4v) is 3.59. The van der Waals surface area contributed by atoms with Gasteiger partial charge in [0.05, 0.1) is 11.8 Å². The number of hydrogen-bond acceptors (Lipinski definition) is 4. The molecule has 0 aromatic rings. The van der Waals surface area contributed by atoms with Crippen molar-refractivity contribution >= 4 is 25.5 Å². The fraction of sp³-hybridized carbons (Fsp3) is 0.700. The van der Waals surface area contributed by atoms with Gasteiger partial charge in [0.15, 0.2) is 5.16 Å². The summed E-state index contributed by atoms with van der Waals surface area (Å²) in [6.07, 6.45) is -0.991. The minimum Gasteiger partial charge on any atom is -0.481 e. The number of hydrogen-bond donors (Lipinski definition) is 5. The van der Waals surface area contributed by atoms with Crippen molar-refractivity contribution in [3.05, 3.63) is 0 Å². The molecule has 5 N–H and O–H groups in total. The van der Waals surface area contributed by atoms with Crippen molar-refractivity contribution in [2.75, 3.05) is 0 Å². The van der Waals surface area contributed by atoms with Crippen molar-refractivity contribution in [3.8, 4) is 0 Å². The molecule has 10 heteroatoms. The molecule has 0 saturated carbocycles. The van der Waals surface area contributed by atoms with E-state index in [4.69, 9.17) is 15.3 Å². The first-order valence-electron chi connectivity index (χ1n) is 5.71. The van der Waals surface area contributed by atoms with Gasteiger partial charge in [-0.2, -0.15) is 0 Å². The lowest BCUT2D eigenvalue weighted by Crippen LogP contribution is -2.53. The molecule has 3 unspecified atom stereocenters. The Hall–Kier alpha value is -1.44. The first kappa shape index (κ1) is 18.6. The van der Waals surface area contributed by atoms with Crippen molar-refractivity contribution in [2.24, 2.45) is 11.8 Å². The zero-order valence-electron chi connectivity index (χ0n) is 10.9. The van der Waals surface area contributed by atoms with E-state index in [1.54, 1.807) is 0 Å². The van der Waals surface area contributed by atoms with Crippen LogP contribution in [0.25, 0.3) is 0 Å². The lowest BCUT2D eigenvalue weighted by molar-refractivity contribution is -0.161. The maximum absolute atomic E-state index is 11.6. The van der Waals surface area contributed by atoms with Crippen molar-refractivity contribution < 1.29 is 44.1 Å². The van der Waals surface area contributed by atoms with E-state index < -0.39 is 48.9 Å². The van der Waals surface area contributed by atoms with E-state index in [-0.39, 0.29) is 6.42 Å². The minimum atomic E-state index is -5.42. The third-order valence-electron chi connectivity index (χ3n) is 3.37. The third kappa shape index (κ3) is 3.00. The highest BCUT2D eigenvalue weighted by atomic mass is 31.2. The Morgan fingerprint density at radius 3 is 1.65 bits per heavy atom. The summed E-state index contributed by atoms with van der Waals surface area (Å²) >= 11 is 0. The van der Waals surface area contributed by atoms with E-state index >= 15 is 0 Å². The molecule has 0 rings (SSSR count). The third-order valence-corrected chi connectivity index (χ3v) is 5.19. The molecule has 0 aromatic heterocycles. The predicted octanol–water partition coefficient (Wildman–Crippen LogP) is 0.209. The van der Waals surface area contributed by atoms with E-state index in [0.29, 0.717) is 0 Å². The smallest absolute Gasteiger partial charge is 0.343 e. The van der Waals surface area contributed by atoms with Gasteiger partial charge in [-0.25, -0.2) is 0 Å². The highest BCUT2D eigenvalue weighted by molar-refractivity contribution is 7.54. The number of rotatable bonds is 8. The maximum atomic E-state index is 11.6. The molecule has 9 nitrogen and oxygen atoms in total. The summed E-state index contributed by atoms with van der Waals surface area (Å²) in [6.45, 7) is 2.40. The quantitative estimate of drug-likeness (QED) is 0.393. The van der Waals surface area contributed by atoms with Crippen molar-refractivity contribution in [1.82, 2.24) is 0 Å². The van der Waals surface area contributed by atoms with Gasteiger partial charge < -0.3 is 25.1 Å². The topological polar surface area (TPSA) is 169 Å². The molecule has 0 amide bonds. The second-order valence-corrected chi connectivity index (χ2v) is 6.18. The normalized spacial score (nSPS) is 17.8. The summed E-state index contributed by atoms with van der Waals surface area (Å²) in [4.78, 5) is 52.3. The number of carbonyl (C=O) groups is 3. The Morgan fingerprint density at radius 2 is 1.50 bits per heavy atom. The van der Waals surface area contributed by atoms with E-state index in [1.807, 2.05) is 0 Å². The summed E-state index contributed by atoms with van der Waals surface area (Å²) in [6, 6.07) is 0. The fourth-order valence-electron chi connectivity index (χ4n) is 2.28. The summed E-state index contributed by atoms with van der Waals surface area (Å²) in [7, 11) is -5.42. The molecule has 0 heterocycles. The molecule has 0 fully saturated rings. The highest BCUT2D eigenvalue weighted by Crippen LogP contribution is 2.58. The van der Waals surface area contributed by atoms with Gasteiger partial charge in [-0.05, 0) is 12.8 Å². The van der Waals surface area contributed by atoms with E-state index in [0.717, 1.165) is 6.92 Å². The predicted molar refractivity (Wildman–Crippen MR) is 65.2 cm³/mol. The van der Waals surface area contributed by atoms with E-state index in [1.165, 1.54) is 6.92 Å². The molecule has 0 aliphatic carbocycles. The molecule has 0 bridgehead atoms. The molecular weight excluding hydrogens is 295 g/mol. The molecular formula is C10H17O9P. The molecule has 20 heavy (non-hydrogen) atoms. The van der Waals surface area contributed by atoms with Crippen LogP contribution >= 0.6 is 7.60 Å². The van der Waals surface area contributed by atoms with E-state index in [9.17, 15) is 28.7 Å². The van der Waals surface area contributed by atoms with Gasteiger partial charge in [0.25, 0.3) is 0 Å². The second kappa shape index (κ2) is 6.34.